The van der Waals surface area contributed by atoms with E-state index in [4.69, 9.17) is 15.7 Å². The third kappa shape index (κ3) is 1.99. The minimum atomic E-state index is -1.21. The van der Waals surface area contributed by atoms with Gasteiger partial charge in [-0.05, 0) is 301 Å². The molecule has 0 aliphatic heterocycles. The summed E-state index contributed by atoms with van der Waals surface area (Å²) >= 11 is 0. The van der Waals surface area contributed by atoms with E-state index in [1.54, 1.807) is 215 Å². The normalized spacial score (nSPS) is 32.6. The maximum absolute atomic E-state index is 7.50. The van der Waals surface area contributed by atoms with Crippen molar-refractivity contribution in [2.45, 2.75) is 81.3 Å². The summed E-state index contributed by atoms with van der Waals surface area (Å²) in [6, 6.07) is 0. The van der Waals surface area contributed by atoms with Crippen LogP contribution in [-0.2, 0) is 55.9 Å². The monoisotopic (exact) mass is 1060 g/mol. The summed E-state index contributed by atoms with van der Waals surface area (Å²) in [6.07, 6.45) is 6.67. The van der Waals surface area contributed by atoms with E-state index in [0.717, 1.165) is 0 Å². The third-order valence-electron chi connectivity index (χ3n) is 28.3. The van der Waals surface area contributed by atoms with E-state index in [2.05, 4.69) is 73.1 Å². The molecule has 0 atom stereocenters. The van der Waals surface area contributed by atoms with Crippen LogP contribution in [0.25, 0.3) is 215 Å². The molecule has 1 saturated carbocycles. The van der Waals surface area contributed by atoms with Gasteiger partial charge in [-0.25, -0.2) is 0 Å². The summed E-state index contributed by atoms with van der Waals surface area (Å²) in [5.74, 6) is 3.11. The fourth-order valence-electron chi connectivity index (χ4n) is 28.4. The van der Waals surface area contributed by atoms with E-state index in [-0.39, 0.29) is 46.6 Å². The Balaban J connectivity index is 0.000000318. The average Bonchev–Trinajstić information content (AvgIpc) is 1.57. The predicted octanol–water partition coefficient (Wildman–Crippen LogP) is 17.3. The molecule has 0 unspecified atom stereocenters. The maximum Gasteiger partial charge on any atom is 2.00 e. The van der Waals surface area contributed by atoms with Gasteiger partial charge in [0.15, 0.2) is 0 Å². The van der Waals surface area contributed by atoms with Crippen molar-refractivity contribution in [3.63, 3.8) is 0 Å². The minimum absolute atomic E-state index is 0. The van der Waals surface area contributed by atoms with E-state index >= 15 is 0 Å². The molecule has 0 aromatic heterocycles. The van der Waals surface area contributed by atoms with Gasteiger partial charge in [-0.3, -0.25) is 0 Å². The SMILES string of the molecule is CC12c3c4c5c6c7c8c9c%10c%11c%12c%13c%14c%15c%16c%17c%18c(c1c1c3c3c5c5c%19c6c9c6c9c%10c%13c%10c%13c%14c%17c%14c%17c%18c1c1c3c5c3c(c1%17)c(c%14%13)c(c9%10)c3c%196)C%16(C)C1C2C(C(C1C%15%12C)C8%11C)C47C.[C-]#C[Si](C)(C)C.[C-]#[O+].[C-]#[O+].[Ru+2]. The van der Waals surface area contributed by atoms with Gasteiger partial charge in [-0.1, -0.05) is 54.3 Å². The molecule has 0 N–H and O–H groups in total. The third-order valence-corrected chi connectivity index (χ3v) is 29.1. The van der Waals surface area contributed by atoms with Crippen molar-refractivity contribution < 1.29 is 28.8 Å². The fraction of sp³-hybridized carbons (Fsp3) is 0.250. The molecule has 0 spiro atoms. The van der Waals surface area contributed by atoms with Crippen LogP contribution < -0.4 is 0 Å². The van der Waals surface area contributed by atoms with Gasteiger partial charge in [-0.15, -0.1) is 0 Å². The second-order valence-corrected chi connectivity index (χ2v) is 34.5. The van der Waals surface area contributed by atoms with Gasteiger partial charge in [0.05, 0.1) is 8.07 Å². The molecule has 0 bridgehead atoms. The number of hydrogen-bond acceptors (Lipinski definition) is 0. The van der Waals surface area contributed by atoms with Crippen LogP contribution in [0.1, 0.15) is 90.3 Å². The molecule has 0 amide bonds. The summed E-state index contributed by atoms with van der Waals surface area (Å²) in [7, 11) is -1.21. The Labute approximate surface area is 441 Å². The molecule has 0 radical (unpaired) electrons. The van der Waals surface area contributed by atoms with Gasteiger partial charge in [0.1, 0.15) is 0 Å². The van der Waals surface area contributed by atoms with Crippen LogP contribution in [0.5, 0.6) is 0 Å². The Bertz CT molecular complexity index is 5560. The smallest absolute Gasteiger partial charge is 2.00 e. The van der Waals surface area contributed by atoms with E-state index in [0.29, 0.717) is 29.6 Å². The molecule has 4 heteroatoms. The van der Waals surface area contributed by atoms with E-state index in [9.17, 15) is 0 Å². The Morgan fingerprint density at radius 2 is 0.329 bits per heavy atom. The van der Waals surface area contributed by atoms with Gasteiger partial charge in [0.25, 0.3) is 0 Å². The van der Waals surface area contributed by atoms with E-state index < -0.39 is 8.07 Å². The summed E-state index contributed by atoms with van der Waals surface area (Å²) in [6.45, 7) is 30.0. The molecule has 21 aromatic rings. The van der Waals surface area contributed by atoms with Crippen LogP contribution in [0.15, 0.2) is 0 Å². The summed E-state index contributed by atoms with van der Waals surface area (Å²) < 4.78 is 15.0. The Morgan fingerprint density at radius 1 is 0.250 bits per heavy atom. The molecule has 11 aliphatic rings. The van der Waals surface area contributed by atoms with Gasteiger partial charge in [0, 0.05) is 27.1 Å². The Morgan fingerprint density at radius 3 is 0.408 bits per heavy atom. The Hall–Kier alpha value is -6.62. The molecule has 11 aliphatic carbocycles. The zero-order chi connectivity index (χ0) is 48.5. The topological polar surface area (TPSA) is 39.8 Å². The van der Waals surface area contributed by atoms with Crippen LogP contribution in [0.2, 0.25) is 19.6 Å². The molecule has 32 rings (SSSR count). The van der Waals surface area contributed by atoms with Gasteiger partial charge in [-0.2, -0.15) is 0 Å². The number of rotatable bonds is 0. The van der Waals surface area contributed by atoms with Crippen LogP contribution in [0, 0.1) is 54.9 Å². The van der Waals surface area contributed by atoms with Crippen LogP contribution in [-0.4, -0.2) is 8.07 Å². The van der Waals surface area contributed by atoms with Crippen molar-refractivity contribution in [3.05, 3.63) is 75.4 Å². The number of benzene rings is 15. The largest absolute Gasteiger partial charge is 2.00 e. The Kier molecular flexibility index (Phi) is 3.82. The van der Waals surface area contributed by atoms with Crippen molar-refractivity contribution in [3.8, 4) is 5.54 Å². The van der Waals surface area contributed by atoms with Crippen molar-refractivity contribution in [1.82, 2.24) is 0 Å². The first-order valence-electron chi connectivity index (χ1n) is 28.0. The molecule has 0 heterocycles. The molecule has 76 heavy (non-hydrogen) atoms. The van der Waals surface area contributed by atoms with Gasteiger partial charge >= 0.3 is 42.1 Å². The first kappa shape index (κ1) is 35.7. The molecule has 340 valence electrons. The molecule has 21 aromatic carbocycles. The molecule has 1 fully saturated rings. The van der Waals surface area contributed by atoms with E-state index in [1.165, 1.54) is 0 Å². The minimum Gasteiger partial charge on any atom is 2.00 e. The first-order valence-corrected chi connectivity index (χ1v) is 31.5. The summed E-state index contributed by atoms with van der Waals surface area (Å²) in [4.78, 5) is 0. The van der Waals surface area contributed by atoms with E-state index in [1.807, 2.05) is 55.6 Å². The molecular formula is C72H29O2RuSi+. The standard InChI is InChI=1S/C65H20.C5H9Si.2CO.Ru/c1-61-46-36-26-16-11-6-7-9-10-8(6)13-20-18(11)28(26)38-40-30(20)32-22(13)24-15(10)25-23-14(9)21-19-12(7)17(16)27-29(19)39-41-31(21)33(23)43-45-35(25)34(24)44-42(32)52-50(40)62(2,48(38)46)57-56(61)58-60-59(57)64(52,4)54(44)55(45)65(60,5)53(43)51(41)63(58,3)49(39)47(61)37(27)36;1-5-6(2,3)4;2*1-2;/h56-60H,1-5H3;2-4H3;;;/q;-1;;;+2. The zero-order valence-electron chi connectivity index (χ0n) is 42.1. The second kappa shape index (κ2) is 8.13. The van der Waals surface area contributed by atoms with Crippen molar-refractivity contribution >= 4 is 224 Å². The molecule has 0 saturated heterocycles. The quantitative estimate of drug-likeness (QED) is 0.0477. The van der Waals surface area contributed by atoms with Gasteiger partial charge in [0.2, 0.25) is 0 Å². The zero-order valence-corrected chi connectivity index (χ0v) is 44.8. The van der Waals surface area contributed by atoms with Crippen molar-refractivity contribution in [2.75, 3.05) is 0 Å². The van der Waals surface area contributed by atoms with Gasteiger partial charge < -0.3 is 12.0 Å². The second-order valence-electron chi connectivity index (χ2n) is 29.8. The number of hydrogen-bond donors (Lipinski definition) is 0. The molecular weight excluding hydrogens is 1030 g/mol. The average molecular weight is 1060 g/mol. The fourth-order valence-corrected chi connectivity index (χ4v) is 28.4. The maximum atomic E-state index is 7.50. The van der Waals surface area contributed by atoms with Crippen molar-refractivity contribution in [1.29, 1.82) is 0 Å². The van der Waals surface area contributed by atoms with Crippen LogP contribution >= 0.6 is 0 Å². The summed E-state index contributed by atoms with van der Waals surface area (Å²) in [5.41, 5.74) is 21.3. The van der Waals surface area contributed by atoms with Crippen LogP contribution in [0.4, 0.5) is 0 Å². The van der Waals surface area contributed by atoms with Crippen LogP contribution in [0.3, 0.4) is 0 Å². The van der Waals surface area contributed by atoms with Crippen molar-refractivity contribution in [2.24, 2.45) is 29.6 Å². The molecule has 2 nitrogen and oxygen atoms in total. The predicted molar refractivity (Wildman–Crippen MR) is 306 cm³/mol. The summed E-state index contributed by atoms with van der Waals surface area (Å²) in [5, 5.41) is 69.5. The first-order chi connectivity index (χ1) is 36.4.